The second-order valence-electron chi connectivity index (χ2n) is 6.50. The van der Waals surface area contributed by atoms with Crippen LogP contribution in [0.1, 0.15) is 31.2 Å². The summed E-state index contributed by atoms with van der Waals surface area (Å²) in [4.78, 5) is 14.1. The first-order valence-electron chi connectivity index (χ1n) is 8.20. The Labute approximate surface area is 144 Å². The smallest absolute Gasteiger partial charge is 0.243 e. The fourth-order valence-electron chi connectivity index (χ4n) is 3.01. The van der Waals surface area contributed by atoms with Crippen LogP contribution < -0.4 is 0 Å². The number of aliphatic hydroxyl groups is 1. The van der Waals surface area contributed by atoms with E-state index in [-0.39, 0.29) is 23.4 Å². The molecule has 7 heteroatoms. The monoisotopic (exact) mass is 354 g/mol. The fourth-order valence-corrected chi connectivity index (χ4v) is 4.13. The molecule has 0 aliphatic heterocycles. The Kier molecular flexibility index (Phi) is 6.01. The second-order valence-corrected chi connectivity index (χ2v) is 8.54. The normalized spacial score (nSPS) is 21.7. The largest absolute Gasteiger partial charge is 0.391 e. The molecule has 1 amide bonds. The van der Waals surface area contributed by atoms with E-state index in [4.69, 9.17) is 0 Å². The molecule has 24 heavy (non-hydrogen) atoms. The van der Waals surface area contributed by atoms with Crippen LogP contribution in [0.5, 0.6) is 0 Å². The van der Waals surface area contributed by atoms with Crippen molar-refractivity contribution in [3.05, 3.63) is 29.8 Å². The first-order chi connectivity index (χ1) is 11.2. The standard InChI is InChI=1S/C17H26N2O4S/c1-13-8-10-14(11-9-13)24(22,23)18(2)12-17(21)19(3)15-6-4-5-7-16(15)20/h8-11,15-16,20H,4-7,12H2,1-3H3/t15-,16-/m1/s1. The molecule has 1 N–H and O–H groups in total. The molecule has 1 saturated carbocycles. The van der Waals surface area contributed by atoms with E-state index in [0.717, 1.165) is 29.1 Å². The summed E-state index contributed by atoms with van der Waals surface area (Å²) in [6, 6.07) is 6.31. The van der Waals surface area contributed by atoms with Gasteiger partial charge in [0, 0.05) is 14.1 Å². The molecule has 6 nitrogen and oxygen atoms in total. The van der Waals surface area contributed by atoms with Crippen LogP contribution in [-0.4, -0.2) is 61.4 Å². The maximum atomic E-state index is 12.5. The zero-order chi connectivity index (χ0) is 17.9. The van der Waals surface area contributed by atoms with Gasteiger partial charge in [-0.2, -0.15) is 4.31 Å². The number of carbonyl (C=O) groups excluding carboxylic acids is 1. The van der Waals surface area contributed by atoms with E-state index in [2.05, 4.69) is 0 Å². The number of hydrogen-bond acceptors (Lipinski definition) is 4. The molecule has 0 bridgehead atoms. The highest BCUT2D eigenvalue weighted by Gasteiger charge is 2.31. The molecule has 0 radical (unpaired) electrons. The third kappa shape index (κ3) is 4.15. The first-order valence-corrected chi connectivity index (χ1v) is 9.64. The number of benzene rings is 1. The summed E-state index contributed by atoms with van der Waals surface area (Å²) in [6.45, 7) is 1.64. The zero-order valence-corrected chi connectivity index (χ0v) is 15.3. The lowest BCUT2D eigenvalue weighted by molar-refractivity contribution is -0.135. The number of rotatable bonds is 5. The highest BCUT2D eigenvalue weighted by molar-refractivity contribution is 7.89. The number of nitrogens with zero attached hydrogens (tertiary/aromatic N) is 2. The van der Waals surface area contributed by atoms with Crippen LogP contribution in [-0.2, 0) is 14.8 Å². The number of amides is 1. The van der Waals surface area contributed by atoms with Gasteiger partial charge in [0.05, 0.1) is 23.6 Å². The molecule has 0 aromatic heterocycles. The Morgan fingerprint density at radius 3 is 2.33 bits per heavy atom. The highest BCUT2D eigenvalue weighted by atomic mass is 32.2. The van der Waals surface area contributed by atoms with Crippen LogP contribution in [0.4, 0.5) is 0 Å². The predicted octanol–water partition coefficient (Wildman–Crippen LogP) is 1.38. The minimum absolute atomic E-state index is 0.170. The van der Waals surface area contributed by atoms with Crippen molar-refractivity contribution in [1.29, 1.82) is 0 Å². The highest BCUT2D eigenvalue weighted by Crippen LogP contribution is 2.23. The Bertz CT molecular complexity index is 672. The lowest BCUT2D eigenvalue weighted by atomic mass is 9.91. The molecule has 1 aromatic carbocycles. The Morgan fingerprint density at radius 2 is 1.75 bits per heavy atom. The van der Waals surface area contributed by atoms with Gasteiger partial charge in [0.2, 0.25) is 15.9 Å². The lowest BCUT2D eigenvalue weighted by Gasteiger charge is -2.35. The quantitative estimate of drug-likeness (QED) is 0.866. The van der Waals surface area contributed by atoms with Gasteiger partial charge in [0.1, 0.15) is 0 Å². The van der Waals surface area contributed by atoms with Gasteiger partial charge < -0.3 is 10.0 Å². The van der Waals surface area contributed by atoms with E-state index < -0.39 is 16.1 Å². The number of aryl methyl sites for hydroxylation is 1. The molecule has 1 fully saturated rings. The molecule has 0 unspecified atom stereocenters. The number of aliphatic hydroxyl groups excluding tert-OH is 1. The third-order valence-corrected chi connectivity index (χ3v) is 6.49. The zero-order valence-electron chi connectivity index (χ0n) is 14.5. The van der Waals surface area contributed by atoms with Crippen LogP contribution in [0.2, 0.25) is 0 Å². The van der Waals surface area contributed by atoms with Gasteiger partial charge in [-0.3, -0.25) is 4.79 Å². The first kappa shape index (κ1) is 18.9. The molecule has 1 aliphatic carbocycles. The van der Waals surface area contributed by atoms with Gasteiger partial charge in [-0.15, -0.1) is 0 Å². The summed E-state index contributed by atoms with van der Waals surface area (Å²) in [5, 5.41) is 10.1. The van der Waals surface area contributed by atoms with E-state index >= 15 is 0 Å². The maximum Gasteiger partial charge on any atom is 0.243 e. The molecule has 0 saturated heterocycles. The minimum atomic E-state index is -3.71. The Balaban J connectivity index is 2.06. The second kappa shape index (κ2) is 7.63. The molecule has 0 heterocycles. The van der Waals surface area contributed by atoms with E-state index in [1.54, 1.807) is 31.3 Å². The van der Waals surface area contributed by atoms with E-state index in [9.17, 15) is 18.3 Å². The van der Waals surface area contributed by atoms with Crippen LogP contribution in [0.3, 0.4) is 0 Å². The Hall–Kier alpha value is -1.44. The summed E-state index contributed by atoms with van der Waals surface area (Å²) in [5.74, 6) is -0.306. The molecular weight excluding hydrogens is 328 g/mol. The van der Waals surface area contributed by atoms with Crippen LogP contribution in [0.25, 0.3) is 0 Å². The van der Waals surface area contributed by atoms with E-state index in [1.807, 2.05) is 6.92 Å². The summed E-state index contributed by atoms with van der Waals surface area (Å²) in [6.07, 6.45) is 2.82. The summed E-state index contributed by atoms with van der Waals surface area (Å²) in [5.41, 5.74) is 0.971. The van der Waals surface area contributed by atoms with Crippen molar-refractivity contribution in [3.8, 4) is 0 Å². The lowest BCUT2D eigenvalue weighted by Crippen LogP contribution is -2.49. The van der Waals surface area contributed by atoms with Gasteiger partial charge in [-0.05, 0) is 31.9 Å². The fraction of sp³-hybridized carbons (Fsp3) is 0.588. The molecule has 2 atom stereocenters. The number of sulfonamides is 1. The van der Waals surface area contributed by atoms with Crippen molar-refractivity contribution in [1.82, 2.24) is 9.21 Å². The average molecular weight is 354 g/mol. The number of hydrogen-bond donors (Lipinski definition) is 1. The van der Waals surface area contributed by atoms with Gasteiger partial charge in [-0.1, -0.05) is 30.5 Å². The van der Waals surface area contributed by atoms with Crippen molar-refractivity contribution in [2.45, 2.75) is 49.6 Å². The van der Waals surface area contributed by atoms with Crippen molar-refractivity contribution in [3.63, 3.8) is 0 Å². The van der Waals surface area contributed by atoms with E-state index in [0.29, 0.717) is 6.42 Å². The topological polar surface area (TPSA) is 77.9 Å². The summed E-state index contributed by atoms with van der Waals surface area (Å²) < 4.78 is 26.2. The molecular formula is C17H26N2O4S. The average Bonchev–Trinajstić information content (AvgIpc) is 2.55. The van der Waals surface area contributed by atoms with Gasteiger partial charge in [0.25, 0.3) is 0 Å². The molecule has 0 spiro atoms. The van der Waals surface area contributed by atoms with Crippen molar-refractivity contribution >= 4 is 15.9 Å². The third-order valence-electron chi connectivity index (χ3n) is 4.67. The maximum absolute atomic E-state index is 12.5. The minimum Gasteiger partial charge on any atom is -0.391 e. The predicted molar refractivity (Wildman–Crippen MR) is 92.0 cm³/mol. The molecule has 2 rings (SSSR count). The SMILES string of the molecule is Cc1ccc(S(=O)(=O)N(C)CC(=O)N(C)[C@@H]2CCCC[C@H]2O)cc1. The molecule has 134 valence electrons. The Morgan fingerprint density at radius 1 is 1.17 bits per heavy atom. The molecule has 1 aliphatic rings. The summed E-state index contributed by atoms with van der Waals surface area (Å²) in [7, 11) is -0.671. The van der Waals surface area contributed by atoms with Gasteiger partial charge in [-0.25, -0.2) is 8.42 Å². The van der Waals surface area contributed by atoms with Crippen molar-refractivity contribution in [2.24, 2.45) is 0 Å². The van der Waals surface area contributed by atoms with Crippen molar-refractivity contribution in [2.75, 3.05) is 20.6 Å². The van der Waals surface area contributed by atoms with E-state index in [1.165, 1.54) is 11.9 Å². The van der Waals surface area contributed by atoms with Gasteiger partial charge >= 0.3 is 0 Å². The number of likely N-dealkylation sites (N-methyl/N-ethyl adjacent to an activating group) is 2. The van der Waals surface area contributed by atoms with Crippen molar-refractivity contribution < 1.29 is 18.3 Å². The summed E-state index contributed by atoms with van der Waals surface area (Å²) >= 11 is 0. The number of carbonyl (C=O) groups is 1. The molecule has 1 aromatic rings. The van der Waals surface area contributed by atoms with Gasteiger partial charge in [0.15, 0.2) is 0 Å². The van der Waals surface area contributed by atoms with Crippen LogP contribution in [0.15, 0.2) is 29.2 Å². The van der Waals surface area contributed by atoms with Crippen LogP contribution >= 0.6 is 0 Å². The van der Waals surface area contributed by atoms with Crippen LogP contribution in [0, 0.1) is 6.92 Å².